The van der Waals surface area contributed by atoms with E-state index in [1.54, 1.807) is 0 Å². The van der Waals surface area contributed by atoms with Gasteiger partial charge in [-0.1, -0.05) is 0 Å². The Kier molecular flexibility index (Phi) is 2.09. The topological polar surface area (TPSA) is 105 Å². The van der Waals surface area contributed by atoms with Gasteiger partial charge in [0, 0.05) is 0 Å². The highest BCUT2D eigenvalue weighted by atomic mass is 32.2. The van der Waals surface area contributed by atoms with Gasteiger partial charge in [-0.05, 0) is 12.1 Å². The number of nitrogens with one attached hydrogen (secondary N) is 1. The summed E-state index contributed by atoms with van der Waals surface area (Å²) in [6.45, 7) is 0. The summed E-state index contributed by atoms with van der Waals surface area (Å²) in [5.74, 6) is 0.0268. The van der Waals surface area contributed by atoms with Crippen molar-refractivity contribution in [3.05, 3.63) is 12.1 Å². The van der Waals surface area contributed by atoms with E-state index in [9.17, 15) is 8.42 Å². The molecule has 0 saturated carbocycles. The molecule has 0 aliphatic carbocycles. The molecule has 2 N–H and O–H groups in total. The van der Waals surface area contributed by atoms with Gasteiger partial charge in [0.25, 0.3) is 0 Å². The van der Waals surface area contributed by atoms with Crippen LogP contribution < -0.4 is 4.74 Å². The van der Waals surface area contributed by atoms with E-state index in [1.165, 1.54) is 19.2 Å². The summed E-state index contributed by atoms with van der Waals surface area (Å²) < 4.78 is 36.1. The number of ether oxygens (including phenoxy) is 1. The predicted octanol–water partition coefficient (Wildman–Crippen LogP) is 0.213. The number of aromatic nitrogens is 3. The highest BCUT2D eigenvalue weighted by Gasteiger charge is 2.22. The van der Waals surface area contributed by atoms with Crippen molar-refractivity contribution in [1.82, 2.24) is 15.4 Å². The summed E-state index contributed by atoms with van der Waals surface area (Å²) in [5.41, 5.74) is 0.389. The number of benzene rings is 1. The van der Waals surface area contributed by atoms with Crippen LogP contribution in [0.3, 0.4) is 0 Å². The number of methoxy groups -OCH3 is 1. The average molecular weight is 229 g/mol. The second kappa shape index (κ2) is 3.17. The van der Waals surface area contributed by atoms with Gasteiger partial charge in [0.05, 0.1) is 7.11 Å². The molecule has 1 aromatic carbocycles. The van der Waals surface area contributed by atoms with E-state index in [2.05, 4.69) is 15.4 Å². The van der Waals surface area contributed by atoms with Crippen molar-refractivity contribution in [1.29, 1.82) is 0 Å². The van der Waals surface area contributed by atoms with Crippen molar-refractivity contribution >= 4 is 21.2 Å². The van der Waals surface area contributed by atoms with Gasteiger partial charge in [-0.2, -0.15) is 23.8 Å². The average Bonchev–Trinajstić information content (AvgIpc) is 2.61. The van der Waals surface area contributed by atoms with Crippen LogP contribution >= 0.6 is 0 Å². The Morgan fingerprint density at radius 2 is 2.13 bits per heavy atom. The third-order valence-corrected chi connectivity index (χ3v) is 2.79. The summed E-state index contributed by atoms with van der Waals surface area (Å²) in [6, 6.07) is 2.93. The number of fused-ring (bicyclic) bond motifs is 1. The van der Waals surface area contributed by atoms with Crippen LogP contribution in [0.25, 0.3) is 11.0 Å². The molecule has 0 aliphatic heterocycles. The first-order valence-electron chi connectivity index (χ1n) is 3.89. The fourth-order valence-electron chi connectivity index (χ4n) is 1.28. The van der Waals surface area contributed by atoms with Gasteiger partial charge in [-0.25, -0.2) is 0 Å². The minimum Gasteiger partial charge on any atom is -0.495 e. The third kappa shape index (κ3) is 1.53. The zero-order valence-electron chi connectivity index (χ0n) is 7.63. The molecule has 0 atom stereocenters. The molecule has 1 heterocycles. The highest BCUT2D eigenvalue weighted by molar-refractivity contribution is 7.86. The van der Waals surface area contributed by atoms with Crippen molar-refractivity contribution < 1.29 is 17.7 Å². The molecular formula is C7H7N3O4S. The Labute approximate surface area is 84.8 Å². The molecule has 1 aromatic heterocycles. The van der Waals surface area contributed by atoms with E-state index in [1.807, 2.05) is 0 Å². The second-order valence-corrected chi connectivity index (χ2v) is 4.12. The number of aromatic amines is 1. The van der Waals surface area contributed by atoms with E-state index in [4.69, 9.17) is 9.29 Å². The molecule has 0 saturated heterocycles. The maximum atomic E-state index is 11.1. The number of H-pyrrole nitrogens is 1. The lowest BCUT2D eigenvalue weighted by Gasteiger charge is -2.04. The van der Waals surface area contributed by atoms with Gasteiger partial charge in [0.15, 0.2) is 4.90 Å². The molecule has 0 amide bonds. The molecule has 0 aliphatic rings. The first-order chi connectivity index (χ1) is 7.04. The van der Waals surface area contributed by atoms with E-state index < -0.39 is 10.1 Å². The Hall–Kier alpha value is -1.67. The number of hydrogen-bond donors (Lipinski definition) is 2. The van der Waals surface area contributed by atoms with Crippen LogP contribution in [0.15, 0.2) is 17.0 Å². The summed E-state index contributed by atoms with van der Waals surface area (Å²) >= 11 is 0. The predicted molar refractivity (Wildman–Crippen MR) is 50.3 cm³/mol. The minimum absolute atomic E-state index is 0.0268. The molecule has 2 aromatic rings. The summed E-state index contributed by atoms with van der Waals surface area (Å²) in [5, 5.41) is 9.61. The van der Waals surface area contributed by atoms with Crippen LogP contribution in [0, 0.1) is 0 Å². The van der Waals surface area contributed by atoms with Gasteiger partial charge >= 0.3 is 10.1 Å². The van der Waals surface area contributed by atoms with Crippen LogP contribution in [-0.4, -0.2) is 35.5 Å². The Morgan fingerprint density at radius 1 is 1.40 bits per heavy atom. The van der Waals surface area contributed by atoms with E-state index in [0.717, 1.165) is 0 Å². The first-order valence-corrected chi connectivity index (χ1v) is 5.33. The third-order valence-electron chi connectivity index (χ3n) is 1.88. The molecule has 7 nitrogen and oxygen atoms in total. The van der Waals surface area contributed by atoms with Crippen molar-refractivity contribution in [3.8, 4) is 5.75 Å². The Morgan fingerprint density at radius 3 is 2.73 bits per heavy atom. The highest BCUT2D eigenvalue weighted by Crippen LogP contribution is 2.29. The zero-order chi connectivity index (χ0) is 11.1. The normalized spacial score (nSPS) is 11.9. The molecule has 2 rings (SSSR count). The first kappa shape index (κ1) is 9.87. The molecular weight excluding hydrogens is 222 g/mol. The van der Waals surface area contributed by atoms with Crippen molar-refractivity contribution in [2.75, 3.05) is 7.11 Å². The Balaban J connectivity index is 2.93. The van der Waals surface area contributed by atoms with Crippen LogP contribution in [0.2, 0.25) is 0 Å². The molecule has 0 bridgehead atoms. The van der Waals surface area contributed by atoms with Crippen molar-refractivity contribution in [2.45, 2.75) is 4.90 Å². The molecule has 0 unspecified atom stereocenters. The molecule has 0 spiro atoms. The van der Waals surface area contributed by atoms with Crippen LogP contribution in [0.5, 0.6) is 5.75 Å². The molecule has 15 heavy (non-hydrogen) atoms. The number of hydrogen-bond acceptors (Lipinski definition) is 5. The molecule has 8 heteroatoms. The largest absolute Gasteiger partial charge is 0.495 e. The smallest absolute Gasteiger partial charge is 0.300 e. The SMILES string of the molecule is COc1ccc2n[nH]nc2c1S(=O)(=O)O. The lowest BCUT2D eigenvalue weighted by Crippen LogP contribution is -2.02. The fourth-order valence-corrected chi connectivity index (χ4v) is 2.08. The van der Waals surface area contributed by atoms with Crippen molar-refractivity contribution in [2.24, 2.45) is 0 Å². The maximum Gasteiger partial charge on any atom is 0.300 e. The molecule has 0 fully saturated rings. The van der Waals surface area contributed by atoms with Gasteiger partial charge in [-0.3, -0.25) is 4.55 Å². The monoisotopic (exact) mass is 229 g/mol. The van der Waals surface area contributed by atoms with Gasteiger partial charge in [0.1, 0.15) is 16.8 Å². The zero-order valence-corrected chi connectivity index (χ0v) is 8.45. The van der Waals surface area contributed by atoms with Gasteiger partial charge < -0.3 is 4.74 Å². The van der Waals surface area contributed by atoms with Crippen LogP contribution in [0.1, 0.15) is 0 Å². The quantitative estimate of drug-likeness (QED) is 0.713. The van der Waals surface area contributed by atoms with E-state index in [-0.39, 0.29) is 16.2 Å². The molecule has 80 valence electrons. The Bertz CT molecular complexity index is 604. The van der Waals surface area contributed by atoms with Crippen molar-refractivity contribution in [3.63, 3.8) is 0 Å². The van der Waals surface area contributed by atoms with Crippen LogP contribution in [0.4, 0.5) is 0 Å². The maximum absolute atomic E-state index is 11.1. The number of rotatable bonds is 2. The van der Waals surface area contributed by atoms with E-state index >= 15 is 0 Å². The standard InChI is InChI=1S/C7H7N3O4S/c1-14-5-3-2-4-6(9-10-8-4)7(5)15(11,12)13/h2-3H,1H3,(H,8,9,10)(H,11,12,13). The lowest BCUT2D eigenvalue weighted by molar-refractivity contribution is 0.399. The lowest BCUT2D eigenvalue weighted by atomic mass is 10.3. The summed E-state index contributed by atoms with van der Waals surface area (Å²) in [4.78, 5) is -0.378. The minimum atomic E-state index is -4.39. The van der Waals surface area contributed by atoms with Crippen LogP contribution in [-0.2, 0) is 10.1 Å². The summed E-state index contributed by atoms with van der Waals surface area (Å²) in [6.07, 6.45) is 0. The van der Waals surface area contributed by atoms with Gasteiger partial charge in [0.2, 0.25) is 0 Å². The van der Waals surface area contributed by atoms with Gasteiger partial charge in [-0.15, -0.1) is 0 Å². The fraction of sp³-hybridized carbons (Fsp3) is 0.143. The molecule has 0 radical (unpaired) electrons. The number of nitrogens with zero attached hydrogens (tertiary/aromatic N) is 2. The van der Waals surface area contributed by atoms with E-state index in [0.29, 0.717) is 5.52 Å². The summed E-state index contributed by atoms with van der Waals surface area (Å²) in [7, 11) is -3.09. The second-order valence-electron chi connectivity index (χ2n) is 2.76.